The van der Waals surface area contributed by atoms with E-state index in [0.29, 0.717) is 18.2 Å². The minimum absolute atomic E-state index is 0.0104. The van der Waals surface area contributed by atoms with E-state index in [9.17, 15) is 4.79 Å². The number of aryl methyl sites for hydroxylation is 1. The second-order valence-corrected chi connectivity index (χ2v) is 6.38. The second kappa shape index (κ2) is 7.97. The SMILES string of the molecule is CCOc1ccc([C@H](CC)NC(=O)Cc2sc(N)nc2C)cc1. The van der Waals surface area contributed by atoms with Gasteiger partial charge in [0.1, 0.15) is 5.75 Å². The maximum Gasteiger partial charge on any atom is 0.225 e. The molecule has 0 bridgehead atoms. The van der Waals surface area contributed by atoms with Crippen molar-refractivity contribution in [1.82, 2.24) is 10.3 Å². The van der Waals surface area contributed by atoms with Gasteiger partial charge in [-0.05, 0) is 38.0 Å². The summed E-state index contributed by atoms with van der Waals surface area (Å²) in [5.74, 6) is 0.825. The molecular formula is C17H23N3O2S. The smallest absolute Gasteiger partial charge is 0.225 e. The number of thiazole rings is 1. The van der Waals surface area contributed by atoms with Crippen molar-refractivity contribution in [2.75, 3.05) is 12.3 Å². The van der Waals surface area contributed by atoms with Crippen molar-refractivity contribution in [2.24, 2.45) is 0 Å². The number of nitrogens with one attached hydrogen (secondary N) is 1. The summed E-state index contributed by atoms with van der Waals surface area (Å²) in [7, 11) is 0. The number of nitrogens with two attached hydrogens (primary N) is 1. The summed E-state index contributed by atoms with van der Waals surface area (Å²) in [6.45, 7) is 6.53. The molecule has 0 saturated heterocycles. The molecule has 0 aliphatic heterocycles. The van der Waals surface area contributed by atoms with Gasteiger partial charge in [0, 0.05) is 4.88 Å². The average molecular weight is 333 g/mol. The van der Waals surface area contributed by atoms with Crippen LogP contribution in [-0.4, -0.2) is 17.5 Å². The molecule has 1 aromatic carbocycles. The first-order chi connectivity index (χ1) is 11.0. The Morgan fingerprint density at radius 2 is 2.04 bits per heavy atom. The molecule has 1 atom stereocenters. The van der Waals surface area contributed by atoms with E-state index in [4.69, 9.17) is 10.5 Å². The van der Waals surface area contributed by atoms with Gasteiger partial charge in [-0.1, -0.05) is 19.1 Å². The van der Waals surface area contributed by atoms with Crippen LogP contribution >= 0.6 is 11.3 Å². The maximum absolute atomic E-state index is 12.3. The van der Waals surface area contributed by atoms with E-state index >= 15 is 0 Å². The molecule has 23 heavy (non-hydrogen) atoms. The average Bonchev–Trinajstić information content (AvgIpc) is 2.83. The molecule has 1 heterocycles. The minimum Gasteiger partial charge on any atom is -0.494 e. The normalized spacial score (nSPS) is 12.0. The number of amides is 1. The number of hydrogen-bond acceptors (Lipinski definition) is 5. The first kappa shape index (κ1) is 17.3. The van der Waals surface area contributed by atoms with Gasteiger partial charge in [-0.15, -0.1) is 11.3 Å². The Labute approximate surface area is 140 Å². The Morgan fingerprint density at radius 3 is 2.57 bits per heavy atom. The van der Waals surface area contributed by atoms with Gasteiger partial charge in [-0.25, -0.2) is 4.98 Å². The summed E-state index contributed by atoms with van der Waals surface area (Å²) in [5, 5.41) is 3.58. The molecule has 0 radical (unpaired) electrons. The molecule has 2 aromatic rings. The third-order valence-corrected chi connectivity index (χ3v) is 4.55. The van der Waals surface area contributed by atoms with Gasteiger partial charge in [0.25, 0.3) is 0 Å². The van der Waals surface area contributed by atoms with Crippen LogP contribution in [-0.2, 0) is 11.2 Å². The summed E-state index contributed by atoms with van der Waals surface area (Å²) in [6, 6.07) is 7.84. The Balaban J connectivity index is 2.00. The fourth-order valence-electron chi connectivity index (χ4n) is 2.39. The first-order valence-corrected chi connectivity index (χ1v) is 8.59. The van der Waals surface area contributed by atoms with Crippen LogP contribution in [0.1, 0.15) is 42.4 Å². The quantitative estimate of drug-likeness (QED) is 0.815. The number of carbonyl (C=O) groups is 1. The Kier molecular flexibility index (Phi) is 5.98. The lowest BCUT2D eigenvalue weighted by atomic mass is 10.0. The zero-order valence-electron chi connectivity index (χ0n) is 13.8. The first-order valence-electron chi connectivity index (χ1n) is 7.77. The third kappa shape index (κ3) is 4.69. The lowest BCUT2D eigenvalue weighted by Gasteiger charge is -2.18. The van der Waals surface area contributed by atoms with Gasteiger partial charge in [0.2, 0.25) is 5.91 Å². The second-order valence-electron chi connectivity index (χ2n) is 5.27. The van der Waals surface area contributed by atoms with Gasteiger partial charge >= 0.3 is 0 Å². The topological polar surface area (TPSA) is 77.2 Å². The van der Waals surface area contributed by atoms with E-state index < -0.39 is 0 Å². The zero-order chi connectivity index (χ0) is 16.8. The summed E-state index contributed by atoms with van der Waals surface area (Å²) in [5.41, 5.74) is 7.58. The molecule has 1 aromatic heterocycles. The van der Waals surface area contributed by atoms with Crippen molar-refractivity contribution in [3.63, 3.8) is 0 Å². The van der Waals surface area contributed by atoms with Crippen LogP contribution in [0.3, 0.4) is 0 Å². The molecule has 6 heteroatoms. The molecule has 1 amide bonds. The van der Waals surface area contributed by atoms with Crippen LogP contribution in [0.5, 0.6) is 5.75 Å². The van der Waals surface area contributed by atoms with Gasteiger partial charge < -0.3 is 15.8 Å². The van der Waals surface area contributed by atoms with Crippen LogP contribution in [0, 0.1) is 6.92 Å². The molecule has 124 valence electrons. The fraction of sp³-hybridized carbons (Fsp3) is 0.412. The fourth-order valence-corrected chi connectivity index (χ4v) is 3.22. The number of rotatable bonds is 7. The van der Waals surface area contributed by atoms with Gasteiger partial charge in [-0.3, -0.25) is 4.79 Å². The van der Waals surface area contributed by atoms with Gasteiger partial charge in [0.15, 0.2) is 5.13 Å². The monoisotopic (exact) mass is 333 g/mol. The Hall–Kier alpha value is -2.08. The number of anilines is 1. The maximum atomic E-state index is 12.3. The Bertz CT molecular complexity index is 652. The zero-order valence-corrected chi connectivity index (χ0v) is 14.6. The van der Waals surface area contributed by atoms with E-state index in [1.807, 2.05) is 38.1 Å². The predicted octanol–water partition coefficient (Wildman–Crippen LogP) is 3.24. The van der Waals surface area contributed by atoms with E-state index in [-0.39, 0.29) is 11.9 Å². The Morgan fingerprint density at radius 1 is 1.35 bits per heavy atom. The van der Waals surface area contributed by atoms with Crippen LogP contribution in [0.4, 0.5) is 5.13 Å². The molecule has 0 aliphatic carbocycles. The van der Waals surface area contributed by atoms with Crippen molar-refractivity contribution >= 4 is 22.4 Å². The van der Waals surface area contributed by atoms with Crippen LogP contribution in [0.15, 0.2) is 24.3 Å². The molecule has 0 spiro atoms. The number of benzene rings is 1. The number of aromatic nitrogens is 1. The van der Waals surface area contributed by atoms with Gasteiger partial charge in [0.05, 0.1) is 24.8 Å². The standard InChI is InChI=1S/C17H23N3O2S/c1-4-14(12-6-8-13(9-7-12)22-5-2)20-16(21)10-15-11(3)19-17(18)23-15/h6-9,14H,4-5,10H2,1-3H3,(H2,18,19)(H,20,21)/t14-/m0/s1. The summed E-state index contributed by atoms with van der Waals surface area (Å²) in [6.07, 6.45) is 1.14. The van der Waals surface area contributed by atoms with Crippen molar-refractivity contribution in [2.45, 2.75) is 39.7 Å². The third-order valence-electron chi connectivity index (χ3n) is 3.57. The van der Waals surface area contributed by atoms with Crippen molar-refractivity contribution < 1.29 is 9.53 Å². The molecule has 5 nitrogen and oxygen atoms in total. The predicted molar refractivity (Wildman–Crippen MR) is 93.8 cm³/mol. The molecule has 0 saturated carbocycles. The molecule has 0 unspecified atom stereocenters. The number of nitrogens with zero attached hydrogens (tertiary/aromatic N) is 1. The summed E-state index contributed by atoms with van der Waals surface area (Å²) in [4.78, 5) is 17.4. The van der Waals surface area contributed by atoms with E-state index in [1.54, 1.807) is 0 Å². The largest absolute Gasteiger partial charge is 0.494 e. The van der Waals surface area contributed by atoms with Crippen molar-refractivity contribution in [1.29, 1.82) is 0 Å². The van der Waals surface area contributed by atoms with Crippen LogP contribution in [0.2, 0.25) is 0 Å². The molecular weight excluding hydrogens is 310 g/mol. The number of carbonyl (C=O) groups excluding carboxylic acids is 1. The van der Waals surface area contributed by atoms with Crippen molar-refractivity contribution in [3.8, 4) is 5.75 Å². The van der Waals surface area contributed by atoms with Crippen LogP contribution in [0.25, 0.3) is 0 Å². The highest BCUT2D eigenvalue weighted by Gasteiger charge is 2.15. The highest BCUT2D eigenvalue weighted by atomic mass is 32.1. The number of nitrogen functional groups attached to an aromatic ring is 1. The summed E-state index contributed by atoms with van der Waals surface area (Å²) >= 11 is 1.37. The van der Waals surface area contributed by atoms with E-state index in [0.717, 1.165) is 28.3 Å². The molecule has 3 N–H and O–H groups in total. The number of hydrogen-bond donors (Lipinski definition) is 2. The molecule has 2 rings (SSSR count). The minimum atomic E-state index is -0.0162. The lowest BCUT2D eigenvalue weighted by Crippen LogP contribution is -2.29. The molecule has 0 fully saturated rings. The highest BCUT2D eigenvalue weighted by Crippen LogP contribution is 2.22. The van der Waals surface area contributed by atoms with Crippen molar-refractivity contribution in [3.05, 3.63) is 40.4 Å². The summed E-state index contributed by atoms with van der Waals surface area (Å²) < 4.78 is 5.45. The van der Waals surface area contributed by atoms with Crippen LogP contribution < -0.4 is 15.8 Å². The molecule has 0 aliphatic rings. The van der Waals surface area contributed by atoms with E-state index in [2.05, 4.69) is 17.2 Å². The lowest BCUT2D eigenvalue weighted by molar-refractivity contribution is -0.121. The van der Waals surface area contributed by atoms with E-state index in [1.165, 1.54) is 11.3 Å². The number of ether oxygens (including phenoxy) is 1. The highest BCUT2D eigenvalue weighted by molar-refractivity contribution is 7.15. The van der Waals surface area contributed by atoms with Gasteiger partial charge in [-0.2, -0.15) is 0 Å².